The lowest BCUT2D eigenvalue weighted by atomic mass is 10.1. The van der Waals surface area contributed by atoms with Gasteiger partial charge in [0.2, 0.25) is 0 Å². The van der Waals surface area contributed by atoms with Crippen LogP contribution >= 0.6 is 11.3 Å². The molecule has 0 unspecified atom stereocenters. The van der Waals surface area contributed by atoms with E-state index in [1.54, 1.807) is 0 Å². The molecular formula is C16H20O4S. The van der Waals surface area contributed by atoms with Crippen molar-refractivity contribution in [3.8, 4) is 0 Å². The van der Waals surface area contributed by atoms with Gasteiger partial charge >= 0.3 is 5.97 Å². The lowest BCUT2D eigenvalue weighted by Crippen LogP contribution is -2.06. The molecule has 0 saturated carbocycles. The molecule has 1 aromatic heterocycles. The molecule has 0 saturated heterocycles. The summed E-state index contributed by atoms with van der Waals surface area (Å²) < 4.78 is 12.0. The van der Waals surface area contributed by atoms with Crippen molar-refractivity contribution in [2.75, 3.05) is 19.8 Å². The number of rotatable bonds is 9. The summed E-state index contributed by atoms with van der Waals surface area (Å²) in [5, 5.41) is 10.3. The van der Waals surface area contributed by atoms with Gasteiger partial charge in [-0.3, -0.25) is 0 Å². The van der Waals surface area contributed by atoms with Gasteiger partial charge in [-0.2, -0.15) is 0 Å². The van der Waals surface area contributed by atoms with Crippen LogP contribution in [-0.2, 0) is 16.1 Å². The van der Waals surface area contributed by atoms with Crippen molar-refractivity contribution in [2.24, 2.45) is 0 Å². The molecule has 1 N–H and O–H groups in total. The number of hydrogen-bond donors (Lipinski definition) is 1. The molecule has 0 spiro atoms. The molecule has 2 aromatic rings. The van der Waals surface area contributed by atoms with Gasteiger partial charge < -0.3 is 14.6 Å². The topological polar surface area (TPSA) is 55.8 Å². The molecule has 1 heterocycles. The summed E-state index contributed by atoms with van der Waals surface area (Å²) in [7, 11) is 0. The first-order chi connectivity index (χ1) is 10.2. The fraction of sp³-hybridized carbons (Fsp3) is 0.438. The highest BCUT2D eigenvalue weighted by atomic mass is 32.1. The third kappa shape index (κ3) is 4.27. The van der Waals surface area contributed by atoms with Crippen LogP contribution in [0, 0.1) is 0 Å². The Morgan fingerprint density at radius 3 is 2.71 bits per heavy atom. The molecule has 0 atom stereocenters. The van der Waals surface area contributed by atoms with E-state index >= 15 is 0 Å². The minimum Gasteiger partial charge on any atom is -0.477 e. The smallest absolute Gasteiger partial charge is 0.346 e. The maximum Gasteiger partial charge on any atom is 0.346 e. The van der Waals surface area contributed by atoms with Crippen molar-refractivity contribution in [1.82, 2.24) is 0 Å². The minimum atomic E-state index is -0.894. The summed E-state index contributed by atoms with van der Waals surface area (Å²) in [6.07, 6.45) is 2.17. The Hall–Kier alpha value is -1.43. The highest BCUT2D eigenvalue weighted by molar-refractivity contribution is 7.21. The van der Waals surface area contributed by atoms with E-state index < -0.39 is 5.97 Å². The van der Waals surface area contributed by atoms with Gasteiger partial charge in [-0.05, 0) is 17.9 Å². The zero-order valence-electron chi connectivity index (χ0n) is 12.1. The number of fused-ring (bicyclic) bond motifs is 1. The number of benzene rings is 1. The zero-order chi connectivity index (χ0) is 15.1. The van der Waals surface area contributed by atoms with Gasteiger partial charge in [0.1, 0.15) is 4.88 Å². The maximum atomic E-state index is 11.3. The first-order valence-corrected chi connectivity index (χ1v) is 7.95. The third-order valence-corrected chi connectivity index (χ3v) is 4.35. The van der Waals surface area contributed by atoms with Crippen LogP contribution in [-0.4, -0.2) is 30.9 Å². The summed E-state index contributed by atoms with van der Waals surface area (Å²) in [4.78, 5) is 11.7. The van der Waals surface area contributed by atoms with Crippen molar-refractivity contribution >= 4 is 27.4 Å². The van der Waals surface area contributed by atoms with Crippen LogP contribution < -0.4 is 0 Å². The van der Waals surface area contributed by atoms with Crippen LogP contribution in [0.2, 0.25) is 0 Å². The van der Waals surface area contributed by atoms with E-state index in [0.717, 1.165) is 35.1 Å². The third-order valence-electron chi connectivity index (χ3n) is 3.15. The molecule has 0 radical (unpaired) electrons. The first-order valence-electron chi connectivity index (χ1n) is 7.13. The number of thiophene rings is 1. The molecule has 0 fully saturated rings. The molecule has 0 amide bonds. The Kier molecular flexibility index (Phi) is 6.17. The second-order valence-corrected chi connectivity index (χ2v) is 5.78. The average molecular weight is 308 g/mol. The average Bonchev–Trinajstić information content (AvgIpc) is 2.85. The number of ether oxygens (including phenoxy) is 2. The zero-order valence-corrected chi connectivity index (χ0v) is 12.9. The highest BCUT2D eigenvalue weighted by Crippen LogP contribution is 2.31. The Balaban J connectivity index is 1.94. The number of aromatic carboxylic acids is 1. The van der Waals surface area contributed by atoms with Gasteiger partial charge in [0, 0.05) is 16.9 Å². The van der Waals surface area contributed by atoms with E-state index in [2.05, 4.69) is 6.92 Å². The first kappa shape index (κ1) is 15.9. The Bertz CT molecular complexity index is 591. The summed E-state index contributed by atoms with van der Waals surface area (Å²) in [6, 6.07) is 7.70. The number of hydrogen-bond acceptors (Lipinski definition) is 4. The number of carboxylic acids is 1. The SMILES string of the molecule is CCCCOCCOCc1c(C(=O)O)sc2ccccc12. The summed E-state index contributed by atoms with van der Waals surface area (Å²) >= 11 is 1.30. The van der Waals surface area contributed by atoms with E-state index in [4.69, 9.17) is 9.47 Å². The highest BCUT2D eigenvalue weighted by Gasteiger charge is 2.17. The molecule has 1 aromatic carbocycles. The van der Waals surface area contributed by atoms with Gasteiger partial charge in [0.05, 0.1) is 19.8 Å². The van der Waals surface area contributed by atoms with Crippen molar-refractivity contribution in [3.05, 3.63) is 34.7 Å². The molecule has 0 aliphatic carbocycles. The van der Waals surface area contributed by atoms with Crippen LogP contribution in [0.15, 0.2) is 24.3 Å². The van der Waals surface area contributed by atoms with Crippen molar-refractivity contribution < 1.29 is 19.4 Å². The summed E-state index contributed by atoms with van der Waals surface area (Å²) in [6.45, 7) is 4.21. The molecule has 4 nitrogen and oxygen atoms in total. The minimum absolute atomic E-state index is 0.308. The molecule has 0 bridgehead atoms. The van der Waals surface area contributed by atoms with E-state index in [-0.39, 0.29) is 0 Å². The van der Waals surface area contributed by atoms with Gasteiger partial charge in [-0.15, -0.1) is 11.3 Å². The van der Waals surface area contributed by atoms with E-state index in [0.29, 0.717) is 24.7 Å². The van der Waals surface area contributed by atoms with Crippen molar-refractivity contribution in [1.29, 1.82) is 0 Å². The molecule has 114 valence electrons. The predicted octanol–water partition coefficient (Wildman–Crippen LogP) is 3.93. The van der Waals surface area contributed by atoms with Crippen LogP contribution in [0.5, 0.6) is 0 Å². The fourth-order valence-corrected chi connectivity index (χ4v) is 3.10. The van der Waals surface area contributed by atoms with Gasteiger partial charge in [0.15, 0.2) is 0 Å². The molecule has 5 heteroatoms. The second-order valence-electron chi connectivity index (χ2n) is 4.73. The van der Waals surface area contributed by atoms with Crippen LogP contribution in [0.4, 0.5) is 0 Å². The monoisotopic (exact) mass is 308 g/mol. The number of carboxylic acid groups (broad SMARTS) is 1. The summed E-state index contributed by atoms with van der Waals surface area (Å²) in [5.41, 5.74) is 0.761. The van der Waals surface area contributed by atoms with Gasteiger partial charge in [-0.1, -0.05) is 31.5 Å². The Labute approximate surface area is 128 Å². The van der Waals surface area contributed by atoms with Gasteiger partial charge in [0.25, 0.3) is 0 Å². The molecule has 0 aliphatic rings. The van der Waals surface area contributed by atoms with Crippen LogP contribution in [0.1, 0.15) is 35.0 Å². The van der Waals surface area contributed by atoms with Gasteiger partial charge in [-0.25, -0.2) is 4.79 Å². The van der Waals surface area contributed by atoms with E-state index in [1.807, 2.05) is 24.3 Å². The molecular weight excluding hydrogens is 288 g/mol. The quantitative estimate of drug-likeness (QED) is 0.713. The fourth-order valence-electron chi connectivity index (χ4n) is 2.06. The molecule has 0 aliphatic heterocycles. The van der Waals surface area contributed by atoms with Crippen molar-refractivity contribution in [3.63, 3.8) is 0 Å². The van der Waals surface area contributed by atoms with E-state index in [1.165, 1.54) is 11.3 Å². The van der Waals surface area contributed by atoms with E-state index in [9.17, 15) is 9.90 Å². The van der Waals surface area contributed by atoms with Crippen LogP contribution in [0.3, 0.4) is 0 Å². The number of unbranched alkanes of at least 4 members (excludes halogenated alkanes) is 1. The Morgan fingerprint density at radius 2 is 1.95 bits per heavy atom. The lowest BCUT2D eigenvalue weighted by molar-refractivity contribution is 0.0395. The normalized spacial score (nSPS) is 11.1. The maximum absolute atomic E-state index is 11.3. The lowest BCUT2D eigenvalue weighted by Gasteiger charge is -2.06. The summed E-state index contributed by atoms with van der Waals surface area (Å²) in [5.74, 6) is -0.894. The standard InChI is InChI=1S/C16H20O4S/c1-2-3-8-19-9-10-20-11-13-12-6-4-5-7-14(12)21-15(13)16(17)18/h4-7H,2-3,8-11H2,1H3,(H,17,18). The predicted molar refractivity (Wildman–Crippen MR) is 84.2 cm³/mol. The second kappa shape index (κ2) is 8.12. The van der Waals surface area contributed by atoms with Crippen LogP contribution in [0.25, 0.3) is 10.1 Å². The van der Waals surface area contributed by atoms with Crippen molar-refractivity contribution in [2.45, 2.75) is 26.4 Å². The number of carbonyl (C=O) groups is 1. The largest absolute Gasteiger partial charge is 0.477 e. The molecule has 2 rings (SSSR count). The Morgan fingerprint density at radius 1 is 1.19 bits per heavy atom. The molecule has 21 heavy (non-hydrogen) atoms.